The Hall–Kier alpha value is -2.70. The molecule has 0 radical (unpaired) electrons. The predicted molar refractivity (Wildman–Crippen MR) is 124 cm³/mol. The predicted octanol–water partition coefficient (Wildman–Crippen LogP) is 2.24. The molecule has 5 heterocycles. The summed E-state index contributed by atoms with van der Waals surface area (Å²) in [6.45, 7) is 6.14. The first-order valence-corrected chi connectivity index (χ1v) is 12.4. The van der Waals surface area contributed by atoms with Crippen molar-refractivity contribution < 1.29 is 19.2 Å². The molecular weight excluding hydrogens is 430 g/mol. The van der Waals surface area contributed by atoms with Crippen molar-refractivity contribution >= 4 is 23.6 Å². The van der Waals surface area contributed by atoms with Crippen LogP contribution in [0.15, 0.2) is 30.3 Å². The number of nitrogens with zero attached hydrogens (tertiary/aromatic N) is 3. The first kappa shape index (κ1) is 21.8. The van der Waals surface area contributed by atoms with Crippen molar-refractivity contribution in [1.29, 1.82) is 0 Å². The summed E-state index contributed by atoms with van der Waals surface area (Å²) in [5, 5.41) is 0. The third kappa shape index (κ3) is 2.04. The van der Waals surface area contributed by atoms with E-state index in [9.17, 15) is 19.2 Å². The number of hydrogen-bond acceptors (Lipinski definition) is 4. The van der Waals surface area contributed by atoms with Crippen LogP contribution in [0.3, 0.4) is 0 Å². The van der Waals surface area contributed by atoms with Crippen LogP contribution < -0.4 is 0 Å². The lowest BCUT2D eigenvalue weighted by Crippen LogP contribution is -2.81. The molecule has 5 aliphatic heterocycles. The molecular formula is C27H33N3O4. The maximum absolute atomic E-state index is 14.1. The van der Waals surface area contributed by atoms with E-state index in [1.54, 1.807) is 7.05 Å². The van der Waals surface area contributed by atoms with Gasteiger partial charge in [-0.15, -0.1) is 0 Å². The first-order chi connectivity index (χ1) is 16.0. The van der Waals surface area contributed by atoms with E-state index in [1.807, 2.05) is 54.1 Å². The van der Waals surface area contributed by atoms with Crippen LogP contribution in [0.1, 0.15) is 52.0 Å². The molecule has 1 aliphatic carbocycles. The average Bonchev–Trinajstić information content (AvgIpc) is 3.27. The molecule has 0 N–H and O–H groups in total. The monoisotopic (exact) mass is 463 g/mol. The lowest BCUT2D eigenvalue weighted by Gasteiger charge is -2.65. The van der Waals surface area contributed by atoms with E-state index >= 15 is 0 Å². The second kappa shape index (κ2) is 6.29. The highest BCUT2D eigenvalue weighted by Crippen LogP contribution is 2.72. The molecule has 7 heteroatoms. The molecule has 2 bridgehead atoms. The SMILES string of the molecule is C[C@H]1CC(=O)N2C3C(C)(C)[C@@]4(C[C@]35CC[C@]12C(=O)N5C)C(=O)N(C)C(=O)C4Cc1ccccc1. The Morgan fingerprint density at radius 1 is 0.971 bits per heavy atom. The van der Waals surface area contributed by atoms with Gasteiger partial charge in [-0.2, -0.15) is 0 Å². The molecule has 34 heavy (non-hydrogen) atoms. The average molecular weight is 464 g/mol. The highest BCUT2D eigenvalue weighted by atomic mass is 16.2. The molecule has 2 unspecified atom stereocenters. The van der Waals surface area contributed by atoms with Crippen molar-refractivity contribution in [2.75, 3.05) is 14.1 Å². The highest BCUT2D eigenvalue weighted by molar-refractivity contribution is 6.09. The van der Waals surface area contributed by atoms with Gasteiger partial charge >= 0.3 is 0 Å². The van der Waals surface area contributed by atoms with Crippen molar-refractivity contribution in [2.24, 2.45) is 22.7 Å². The highest BCUT2D eigenvalue weighted by Gasteiger charge is 2.84. The molecule has 4 amide bonds. The van der Waals surface area contributed by atoms with E-state index in [0.717, 1.165) is 12.0 Å². The van der Waals surface area contributed by atoms with Gasteiger partial charge in [-0.1, -0.05) is 51.1 Å². The first-order valence-electron chi connectivity index (χ1n) is 12.4. The molecule has 7 nitrogen and oxygen atoms in total. The summed E-state index contributed by atoms with van der Waals surface area (Å²) in [5.74, 6) is -0.897. The summed E-state index contributed by atoms with van der Waals surface area (Å²) < 4.78 is 0. The molecule has 1 saturated carbocycles. The molecule has 0 aromatic heterocycles. The number of amides is 4. The standard InChI is InChI=1S/C27H33N3O4/c1-16-13-19(31)30-21-24(2,3)26(15-25(21)11-12-27(16,30)23(34)29(25)5)18(20(32)28(4)22(26)33)14-17-9-7-6-8-10-17/h6-10,16,18,21H,11-15H2,1-5H3/t16-,18?,21?,25+,26+,27+/m0/s1. The third-order valence-electron chi connectivity index (χ3n) is 10.7. The summed E-state index contributed by atoms with van der Waals surface area (Å²) in [6, 6.07) is 9.55. The van der Waals surface area contributed by atoms with Crippen molar-refractivity contribution in [2.45, 2.75) is 70.0 Å². The largest absolute Gasteiger partial charge is 0.336 e. The lowest BCUT2D eigenvalue weighted by molar-refractivity contribution is -0.196. The zero-order valence-electron chi connectivity index (χ0n) is 20.6. The number of fused-ring (bicyclic) bond motifs is 2. The maximum atomic E-state index is 14.1. The van der Waals surface area contributed by atoms with Gasteiger partial charge in [0.25, 0.3) is 0 Å². The Kier molecular flexibility index (Phi) is 4.04. The van der Waals surface area contributed by atoms with Crippen LogP contribution in [0, 0.1) is 22.7 Å². The minimum atomic E-state index is -0.986. The number of piperidine rings is 2. The van der Waals surface area contributed by atoms with E-state index in [0.29, 0.717) is 25.7 Å². The van der Waals surface area contributed by atoms with Gasteiger partial charge in [0.2, 0.25) is 23.6 Å². The molecule has 3 spiro atoms. The fourth-order valence-corrected chi connectivity index (χ4v) is 9.06. The summed E-state index contributed by atoms with van der Waals surface area (Å²) in [4.78, 5) is 60.1. The van der Waals surface area contributed by atoms with Crippen LogP contribution in [0.25, 0.3) is 0 Å². The number of likely N-dealkylation sites (tertiary alicyclic amines) is 1. The van der Waals surface area contributed by atoms with Gasteiger partial charge in [-0.25, -0.2) is 0 Å². The van der Waals surface area contributed by atoms with Crippen LogP contribution in [0.4, 0.5) is 0 Å². The number of benzene rings is 1. The Morgan fingerprint density at radius 3 is 2.32 bits per heavy atom. The number of piperazine rings is 1. The maximum Gasteiger partial charge on any atom is 0.249 e. The summed E-state index contributed by atoms with van der Waals surface area (Å²) in [5.41, 5.74) is -2.13. The van der Waals surface area contributed by atoms with E-state index in [-0.39, 0.29) is 35.6 Å². The fraction of sp³-hybridized carbons (Fsp3) is 0.630. The van der Waals surface area contributed by atoms with Gasteiger partial charge in [0.15, 0.2) is 0 Å². The van der Waals surface area contributed by atoms with Gasteiger partial charge in [0.05, 0.1) is 22.9 Å². The van der Waals surface area contributed by atoms with Gasteiger partial charge in [-0.05, 0) is 37.2 Å². The van der Waals surface area contributed by atoms with Gasteiger partial charge in [0.1, 0.15) is 5.54 Å². The van der Waals surface area contributed by atoms with Gasteiger partial charge in [0, 0.05) is 25.9 Å². The van der Waals surface area contributed by atoms with Gasteiger partial charge < -0.3 is 9.80 Å². The summed E-state index contributed by atoms with van der Waals surface area (Å²) in [7, 11) is 3.44. The third-order valence-corrected chi connectivity index (χ3v) is 10.7. The molecule has 6 aliphatic rings. The summed E-state index contributed by atoms with van der Waals surface area (Å²) in [6.07, 6.45) is 2.63. The van der Waals surface area contributed by atoms with Crippen LogP contribution in [-0.4, -0.2) is 69.5 Å². The normalized spacial score (nSPS) is 42.3. The zero-order chi connectivity index (χ0) is 24.4. The van der Waals surface area contributed by atoms with Crippen molar-refractivity contribution in [1.82, 2.24) is 14.7 Å². The minimum Gasteiger partial charge on any atom is -0.336 e. The number of likely N-dealkylation sites (N-methyl/N-ethyl adjacent to an activating group) is 1. The Bertz CT molecular complexity index is 1150. The Labute approximate surface area is 200 Å². The second-order valence-electron chi connectivity index (χ2n) is 12.0. The van der Waals surface area contributed by atoms with E-state index in [1.165, 1.54) is 4.90 Å². The molecule has 5 saturated heterocycles. The number of rotatable bonds is 2. The molecule has 6 fully saturated rings. The number of imide groups is 1. The topological polar surface area (TPSA) is 78.0 Å². The zero-order valence-corrected chi connectivity index (χ0v) is 20.6. The van der Waals surface area contributed by atoms with Gasteiger partial charge in [-0.3, -0.25) is 24.1 Å². The van der Waals surface area contributed by atoms with Crippen LogP contribution in [0.5, 0.6) is 0 Å². The van der Waals surface area contributed by atoms with E-state index < -0.39 is 27.8 Å². The minimum absolute atomic E-state index is 0.00550. The quantitative estimate of drug-likeness (QED) is 0.631. The Balaban J connectivity index is 1.57. The van der Waals surface area contributed by atoms with Crippen molar-refractivity contribution in [3.05, 3.63) is 35.9 Å². The van der Waals surface area contributed by atoms with Crippen LogP contribution in [-0.2, 0) is 25.6 Å². The van der Waals surface area contributed by atoms with Crippen LogP contribution in [0.2, 0.25) is 0 Å². The molecule has 1 aromatic rings. The second-order valence-corrected chi connectivity index (χ2v) is 12.0. The van der Waals surface area contributed by atoms with E-state index in [2.05, 4.69) is 13.8 Å². The smallest absolute Gasteiger partial charge is 0.249 e. The molecule has 7 rings (SSSR count). The van der Waals surface area contributed by atoms with Crippen molar-refractivity contribution in [3.63, 3.8) is 0 Å². The Morgan fingerprint density at radius 2 is 1.65 bits per heavy atom. The van der Waals surface area contributed by atoms with Crippen molar-refractivity contribution in [3.8, 4) is 0 Å². The fourth-order valence-electron chi connectivity index (χ4n) is 9.06. The molecule has 1 aromatic carbocycles. The molecule has 180 valence electrons. The number of hydrogen-bond donors (Lipinski definition) is 0. The summed E-state index contributed by atoms with van der Waals surface area (Å²) >= 11 is 0. The van der Waals surface area contributed by atoms with Crippen LogP contribution >= 0.6 is 0 Å². The van der Waals surface area contributed by atoms with E-state index in [4.69, 9.17) is 0 Å². The molecule has 6 atom stereocenters. The lowest BCUT2D eigenvalue weighted by atomic mass is 9.58. The number of carbonyl (C=O) groups excluding carboxylic acids is 4. The number of carbonyl (C=O) groups is 4.